The highest BCUT2D eigenvalue weighted by Gasteiger charge is 2.38. The van der Waals surface area contributed by atoms with Gasteiger partial charge in [-0.2, -0.15) is 18.4 Å². The number of carboxylic acid groups (broad SMARTS) is 1. The quantitative estimate of drug-likeness (QED) is 0.511. The first-order chi connectivity index (χ1) is 16.9. The van der Waals surface area contributed by atoms with E-state index in [0.717, 1.165) is 29.7 Å². The van der Waals surface area contributed by atoms with Gasteiger partial charge in [-0.25, -0.2) is 9.78 Å². The average molecular weight is 500 g/mol. The topological polar surface area (TPSA) is 117 Å². The van der Waals surface area contributed by atoms with Gasteiger partial charge in [-0.15, -0.1) is 0 Å². The summed E-state index contributed by atoms with van der Waals surface area (Å²) in [6.45, 7) is 1.95. The average Bonchev–Trinajstić information content (AvgIpc) is 3.25. The molecule has 1 unspecified atom stereocenters. The van der Waals surface area contributed by atoms with Crippen LogP contribution in [0.5, 0.6) is 11.5 Å². The van der Waals surface area contributed by atoms with Crippen molar-refractivity contribution in [3.8, 4) is 17.6 Å². The molecule has 188 valence electrons. The molecule has 11 heteroatoms. The van der Waals surface area contributed by atoms with E-state index in [1.807, 2.05) is 54.9 Å². The lowest BCUT2D eigenvalue weighted by Crippen LogP contribution is -2.45. The molecule has 2 N–H and O–H groups in total. The minimum atomic E-state index is -5.08. The Morgan fingerprint density at radius 2 is 1.97 bits per heavy atom. The maximum absolute atomic E-state index is 12.8. The highest BCUT2D eigenvalue weighted by atomic mass is 19.4. The molecule has 1 amide bonds. The third kappa shape index (κ3) is 6.02. The number of carboxylic acids is 1. The molecule has 1 atom stereocenters. The predicted octanol–water partition coefficient (Wildman–Crippen LogP) is 4.43. The molecule has 0 spiro atoms. The van der Waals surface area contributed by atoms with Crippen molar-refractivity contribution >= 4 is 11.9 Å². The zero-order chi connectivity index (χ0) is 26.5. The van der Waals surface area contributed by atoms with Crippen molar-refractivity contribution in [2.24, 2.45) is 7.05 Å². The van der Waals surface area contributed by atoms with Gasteiger partial charge in [-0.1, -0.05) is 18.2 Å². The number of aliphatic carboxylic acids is 1. The molecule has 0 aliphatic carbocycles. The zero-order valence-electron chi connectivity index (χ0n) is 19.5. The van der Waals surface area contributed by atoms with Gasteiger partial charge in [0.25, 0.3) is 0 Å². The van der Waals surface area contributed by atoms with Crippen LogP contribution in [0.15, 0.2) is 55.0 Å². The van der Waals surface area contributed by atoms with E-state index in [4.69, 9.17) is 14.6 Å². The smallest absolute Gasteiger partial charge is 0.475 e. The van der Waals surface area contributed by atoms with Gasteiger partial charge in [-0.05, 0) is 55.2 Å². The van der Waals surface area contributed by atoms with Gasteiger partial charge in [0.15, 0.2) is 0 Å². The van der Waals surface area contributed by atoms with Crippen molar-refractivity contribution in [3.05, 3.63) is 77.4 Å². The van der Waals surface area contributed by atoms with Crippen LogP contribution < -0.4 is 10.1 Å². The van der Waals surface area contributed by atoms with Crippen LogP contribution >= 0.6 is 0 Å². The van der Waals surface area contributed by atoms with E-state index in [0.29, 0.717) is 23.5 Å². The van der Waals surface area contributed by atoms with E-state index in [1.54, 1.807) is 18.6 Å². The van der Waals surface area contributed by atoms with Gasteiger partial charge in [-0.3, -0.25) is 4.79 Å². The Morgan fingerprint density at radius 1 is 1.25 bits per heavy atom. The van der Waals surface area contributed by atoms with Crippen LogP contribution in [-0.2, 0) is 28.6 Å². The fourth-order valence-electron chi connectivity index (χ4n) is 3.82. The summed E-state index contributed by atoms with van der Waals surface area (Å²) in [5.74, 6) is -1.65. The molecule has 2 aromatic carbocycles. The van der Waals surface area contributed by atoms with Crippen LogP contribution in [0.2, 0.25) is 0 Å². The molecule has 4 rings (SSSR count). The van der Waals surface area contributed by atoms with Crippen molar-refractivity contribution in [1.29, 1.82) is 5.26 Å². The number of carbonyl (C=O) groups is 2. The lowest BCUT2D eigenvalue weighted by molar-refractivity contribution is -0.192. The summed E-state index contributed by atoms with van der Waals surface area (Å²) in [6.07, 6.45) is 0.301. The molecule has 0 fully saturated rings. The molecule has 2 heterocycles. The molecule has 1 aliphatic rings. The minimum absolute atomic E-state index is 0.0315. The number of imidazole rings is 1. The number of carbonyl (C=O) groups excluding carboxylic acids is 1. The maximum Gasteiger partial charge on any atom is 0.490 e. The number of halogens is 3. The van der Waals surface area contributed by atoms with E-state index in [-0.39, 0.29) is 5.91 Å². The number of aromatic nitrogens is 2. The predicted molar refractivity (Wildman–Crippen MR) is 122 cm³/mol. The number of nitrogens with one attached hydrogen (secondary N) is 1. The maximum atomic E-state index is 12.8. The number of aryl methyl sites for hydroxylation is 2. The highest BCUT2D eigenvalue weighted by molar-refractivity contribution is 5.77. The standard InChI is InChI=1S/C23H22N4O2.C2HF3O2/c1-23(21-14-25-15-27(21)2)18-10-9-17(13-24)20(12-18)29-19-7-3-5-16(11-19)6-4-8-22(28)26-23;3-2(4,5)1(6)7/h3,5,7,9-12,14-15H,4,6,8H2,1-2H3,(H,26,28);(H,6,7). The number of nitrogens with zero attached hydrogens (tertiary/aromatic N) is 3. The Morgan fingerprint density at radius 3 is 2.58 bits per heavy atom. The molecule has 8 nitrogen and oxygen atoms in total. The molecule has 0 radical (unpaired) electrons. The first kappa shape index (κ1) is 26.3. The lowest BCUT2D eigenvalue weighted by atomic mass is 9.87. The summed E-state index contributed by atoms with van der Waals surface area (Å²) in [4.78, 5) is 26.0. The fourth-order valence-corrected chi connectivity index (χ4v) is 3.82. The van der Waals surface area contributed by atoms with E-state index in [1.165, 1.54) is 0 Å². The molecule has 3 aromatic rings. The third-order valence-corrected chi connectivity index (χ3v) is 5.64. The number of rotatable bonds is 1. The van der Waals surface area contributed by atoms with Crippen LogP contribution in [0.25, 0.3) is 0 Å². The van der Waals surface area contributed by atoms with Crippen molar-refractivity contribution < 1.29 is 32.6 Å². The van der Waals surface area contributed by atoms with Crippen LogP contribution in [0.1, 0.15) is 42.1 Å². The Kier molecular flexibility index (Phi) is 7.68. The summed E-state index contributed by atoms with van der Waals surface area (Å²) in [5, 5.41) is 19.9. The normalized spacial score (nSPS) is 17.5. The number of hydrogen-bond acceptors (Lipinski definition) is 5. The van der Waals surface area contributed by atoms with E-state index < -0.39 is 17.7 Å². The Bertz CT molecular complexity index is 1310. The van der Waals surface area contributed by atoms with Crippen LogP contribution in [0.4, 0.5) is 13.2 Å². The van der Waals surface area contributed by atoms with E-state index >= 15 is 0 Å². The molecule has 1 aromatic heterocycles. The number of nitriles is 1. The van der Waals surface area contributed by atoms with Gasteiger partial charge in [0.05, 0.1) is 23.8 Å². The zero-order valence-corrected chi connectivity index (χ0v) is 19.5. The number of fused-ring (bicyclic) bond motifs is 4. The summed E-state index contributed by atoms with van der Waals surface area (Å²) >= 11 is 0. The molecular weight excluding hydrogens is 477 g/mol. The third-order valence-electron chi connectivity index (χ3n) is 5.64. The lowest BCUT2D eigenvalue weighted by Gasteiger charge is -2.32. The minimum Gasteiger partial charge on any atom is -0.475 e. The van der Waals surface area contributed by atoms with Gasteiger partial charge in [0.2, 0.25) is 5.91 Å². The van der Waals surface area contributed by atoms with E-state index in [9.17, 15) is 23.2 Å². The van der Waals surface area contributed by atoms with Crippen LogP contribution in [0.3, 0.4) is 0 Å². The molecular formula is C25H23F3N4O4. The van der Waals surface area contributed by atoms with Gasteiger partial charge in [0, 0.05) is 13.5 Å². The highest BCUT2D eigenvalue weighted by Crippen LogP contribution is 2.35. The second kappa shape index (κ2) is 10.5. The number of ether oxygens (including phenoxy) is 1. The second-order valence-corrected chi connectivity index (χ2v) is 8.29. The van der Waals surface area contributed by atoms with Crippen molar-refractivity contribution in [2.45, 2.75) is 37.9 Å². The Hall–Kier alpha value is -4.33. The molecule has 4 bridgehead atoms. The van der Waals surface area contributed by atoms with E-state index in [2.05, 4.69) is 16.4 Å². The Balaban J connectivity index is 0.000000454. The summed E-state index contributed by atoms with van der Waals surface area (Å²) in [5.41, 5.74) is 2.38. The van der Waals surface area contributed by atoms with Crippen molar-refractivity contribution in [1.82, 2.24) is 14.9 Å². The summed E-state index contributed by atoms with van der Waals surface area (Å²) < 4.78 is 39.7. The molecule has 36 heavy (non-hydrogen) atoms. The van der Waals surface area contributed by atoms with Gasteiger partial charge < -0.3 is 19.7 Å². The number of hydrogen-bond donors (Lipinski definition) is 2. The Labute approximate surface area is 205 Å². The monoisotopic (exact) mass is 500 g/mol. The SMILES string of the molecule is Cn1cncc1C1(C)NC(=O)CCCc2cccc(c2)Oc2cc1ccc2C#N.O=C(O)C(F)(F)F. The number of amides is 1. The van der Waals surface area contributed by atoms with Gasteiger partial charge >= 0.3 is 12.1 Å². The van der Waals surface area contributed by atoms with Crippen molar-refractivity contribution in [3.63, 3.8) is 0 Å². The van der Waals surface area contributed by atoms with Crippen LogP contribution in [-0.4, -0.2) is 32.7 Å². The largest absolute Gasteiger partial charge is 0.490 e. The molecule has 0 saturated carbocycles. The summed E-state index contributed by atoms with van der Waals surface area (Å²) in [7, 11) is 1.90. The first-order valence-electron chi connectivity index (χ1n) is 10.8. The summed E-state index contributed by atoms with van der Waals surface area (Å²) in [6, 6.07) is 15.4. The number of alkyl halides is 3. The van der Waals surface area contributed by atoms with Crippen molar-refractivity contribution in [2.75, 3.05) is 0 Å². The number of benzene rings is 2. The molecule has 1 aliphatic heterocycles. The first-order valence-corrected chi connectivity index (χ1v) is 10.8. The van der Waals surface area contributed by atoms with Crippen LogP contribution in [0, 0.1) is 11.3 Å². The van der Waals surface area contributed by atoms with Gasteiger partial charge in [0.1, 0.15) is 23.1 Å². The fraction of sp³-hybridized carbons (Fsp3) is 0.280. The second-order valence-electron chi connectivity index (χ2n) is 8.29. The molecule has 0 saturated heterocycles.